The summed E-state index contributed by atoms with van der Waals surface area (Å²) in [6, 6.07) is 7.36. The van der Waals surface area contributed by atoms with Gasteiger partial charge in [-0.05, 0) is 11.6 Å². The van der Waals surface area contributed by atoms with Gasteiger partial charge in [0.25, 0.3) is 0 Å². The minimum Gasteiger partial charge on any atom is -0.383 e. The van der Waals surface area contributed by atoms with Crippen LogP contribution in [0.3, 0.4) is 0 Å². The van der Waals surface area contributed by atoms with E-state index in [4.69, 9.17) is 4.52 Å². The number of halogens is 4. The molecule has 8 heteroatoms. The van der Waals surface area contributed by atoms with E-state index >= 15 is 0 Å². The van der Waals surface area contributed by atoms with Crippen LogP contribution < -0.4 is 0 Å². The van der Waals surface area contributed by atoms with Gasteiger partial charge in [-0.25, -0.2) is 0 Å². The first-order chi connectivity index (χ1) is 9.79. The van der Waals surface area contributed by atoms with Crippen molar-refractivity contribution >= 4 is 15.9 Å². The van der Waals surface area contributed by atoms with Gasteiger partial charge >= 0.3 is 6.18 Å². The Morgan fingerprint density at radius 2 is 2.00 bits per heavy atom. The van der Waals surface area contributed by atoms with Gasteiger partial charge in [-0.15, -0.1) is 0 Å². The maximum Gasteiger partial charge on any atom is 0.415 e. The minimum absolute atomic E-state index is 0.234. The van der Waals surface area contributed by atoms with Crippen LogP contribution in [0.15, 0.2) is 33.3 Å². The molecule has 0 fully saturated rings. The van der Waals surface area contributed by atoms with E-state index in [1.807, 2.05) is 24.3 Å². The molecule has 2 rings (SSSR count). The predicted octanol–water partition coefficient (Wildman–Crippen LogP) is 3.45. The standard InChI is InChI=1S/C13H12BrF3N2O2/c1-7(11(20)13(15,16)17)12-18-10(19-21-12)6-8-4-2-3-5-9(8)14/h2-5,7,11,20H,6H2,1H3. The van der Waals surface area contributed by atoms with Crippen molar-refractivity contribution in [1.82, 2.24) is 10.1 Å². The lowest BCUT2D eigenvalue weighted by Gasteiger charge is -2.17. The maximum atomic E-state index is 12.4. The topological polar surface area (TPSA) is 59.2 Å². The number of rotatable bonds is 4. The lowest BCUT2D eigenvalue weighted by atomic mass is 10.0. The fraction of sp³-hybridized carbons (Fsp3) is 0.385. The molecule has 0 spiro atoms. The second-order valence-corrected chi connectivity index (χ2v) is 5.45. The molecule has 2 unspecified atom stereocenters. The Kier molecular flexibility index (Phi) is 4.67. The van der Waals surface area contributed by atoms with E-state index in [1.165, 1.54) is 6.92 Å². The molecule has 0 bridgehead atoms. The minimum atomic E-state index is -4.73. The SMILES string of the molecule is CC(c1nc(Cc2ccccc2Br)no1)C(O)C(F)(F)F. The van der Waals surface area contributed by atoms with Crippen LogP contribution in [0.2, 0.25) is 0 Å². The number of nitrogens with zero attached hydrogens (tertiary/aromatic N) is 2. The molecule has 1 N–H and O–H groups in total. The average Bonchev–Trinajstić information content (AvgIpc) is 2.87. The fourth-order valence-electron chi connectivity index (χ4n) is 1.75. The van der Waals surface area contributed by atoms with Crippen molar-refractivity contribution in [3.63, 3.8) is 0 Å². The molecule has 2 atom stereocenters. The second-order valence-electron chi connectivity index (χ2n) is 4.59. The van der Waals surface area contributed by atoms with Crippen LogP contribution in [-0.4, -0.2) is 27.5 Å². The van der Waals surface area contributed by atoms with Crippen LogP contribution in [0.4, 0.5) is 13.2 Å². The van der Waals surface area contributed by atoms with Crippen molar-refractivity contribution in [2.75, 3.05) is 0 Å². The normalized spacial score (nSPS) is 15.0. The number of alkyl halides is 3. The molecular weight excluding hydrogens is 353 g/mol. The number of hydrogen-bond acceptors (Lipinski definition) is 4. The van der Waals surface area contributed by atoms with E-state index < -0.39 is 18.2 Å². The summed E-state index contributed by atoms with van der Waals surface area (Å²) in [5.41, 5.74) is 0.883. The van der Waals surface area contributed by atoms with Crippen molar-refractivity contribution in [3.05, 3.63) is 46.0 Å². The van der Waals surface area contributed by atoms with Crippen LogP contribution in [0.1, 0.15) is 30.1 Å². The number of aliphatic hydroxyl groups excluding tert-OH is 1. The highest BCUT2D eigenvalue weighted by Gasteiger charge is 2.44. The quantitative estimate of drug-likeness (QED) is 0.902. The molecule has 1 heterocycles. The summed E-state index contributed by atoms with van der Waals surface area (Å²) in [5, 5.41) is 12.8. The molecule has 114 valence electrons. The molecule has 2 aromatic rings. The highest BCUT2D eigenvalue weighted by molar-refractivity contribution is 9.10. The van der Waals surface area contributed by atoms with Crippen LogP contribution >= 0.6 is 15.9 Å². The zero-order valence-electron chi connectivity index (χ0n) is 10.9. The lowest BCUT2D eigenvalue weighted by Crippen LogP contribution is -2.33. The first-order valence-corrected chi connectivity index (χ1v) is 6.89. The molecular formula is C13H12BrF3N2O2. The first kappa shape index (κ1) is 16.0. The van der Waals surface area contributed by atoms with Crippen molar-refractivity contribution in [2.24, 2.45) is 0 Å². The van der Waals surface area contributed by atoms with Crippen LogP contribution in [0.5, 0.6) is 0 Å². The van der Waals surface area contributed by atoms with Gasteiger partial charge in [0.1, 0.15) is 0 Å². The Morgan fingerprint density at radius 3 is 2.62 bits per heavy atom. The first-order valence-electron chi connectivity index (χ1n) is 6.09. The third kappa shape index (κ3) is 3.82. The van der Waals surface area contributed by atoms with Crippen LogP contribution in [0, 0.1) is 0 Å². The second kappa shape index (κ2) is 6.15. The summed E-state index contributed by atoms with van der Waals surface area (Å²) in [5.74, 6) is -1.29. The molecule has 0 saturated carbocycles. The molecule has 1 aromatic carbocycles. The van der Waals surface area contributed by atoms with E-state index in [0.29, 0.717) is 6.42 Å². The number of aliphatic hydroxyl groups is 1. The molecule has 1 aromatic heterocycles. The number of aromatic nitrogens is 2. The Bertz CT molecular complexity index is 615. The fourth-order valence-corrected chi connectivity index (χ4v) is 2.18. The van der Waals surface area contributed by atoms with Gasteiger partial charge in [0, 0.05) is 10.9 Å². The van der Waals surface area contributed by atoms with Crippen molar-refractivity contribution < 1.29 is 22.8 Å². The van der Waals surface area contributed by atoms with Gasteiger partial charge in [0.2, 0.25) is 5.89 Å². The van der Waals surface area contributed by atoms with E-state index in [1.54, 1.807) is 0 Å². The van der Waals surface area contributed by atoms with Crippen LogP contribution in [-0.2, 0) is 6.42 Å². The van der Waals surface area contributed by atoms with Crippen LogP contribution in [0.25, 0.3) is 0 Å². The van der Waals surface area contributed by atoms with E-state index in [2.05, 4.69) is 26.1 Å². The summed E-state index contributed by atoms with van der Waals surface area (Å²) in [4.78, 5) is 3.92. The summed E-state index contributed by atoms with van der Waals surface area (Å²) in [7, 11) is 0. The summed E-state index contributed by atoms with van der Waals surface area (Å²) >= 11 is 3.36. The Morgan fingerprint density at radius 1 is 1.33 bits per heavy atom. The molecule has 0 saturated heterocycles. The Labute approximate surface area is 127 Å². The zero-order chi connectivity index (χ0) is 15.6. The average molecular weight is 365 g/mol. The van der Waals surface area contributed by atoms with Gasteiger partial charge in [-0.2, -0.15) is 18.2 Å². The molecule has 4 nitrogen and oxygen atoms in total. The number of hydrogen-bond donors (Lipinski definition) is 1. The van der Waals surface area contributed by atoms with E-state index in [-0.39, 0.29) is 11.7 Å². The molecule has 21 heavy (non-hydrogen) atoms. The van der Waals surface area contributed by atoms with E-state index in [0.717, 1.165) is 10.0 Å². The van der Waals surface area contributed by atoms with Crippen molar-refractivity contribution in [1.29, 1.82) is 0 Å². The summed E-state index contributed by atoms with van der Waals surface area (Å²) in [6.07, 6.45) is -6.94. The van der Waals surface area contributed by atoms with Gasteiger partial charge < -0.3 is 9.63 Å². The monoisotopic (exact) mass is 364 g/mol. The highest BCUT2D eigenvalue weighted by atomic mass is 79.9. The lowest BCUT2D eigenvalue weighted by molar-refractivity contribution is -0.210. The largest absolute Gasteiger partial charge is 0.415 e. The zero-order valence-corrected chi connectivity index (χ0v) is 12.5. The molecule has 0 radical (unpaired) electrons. The highest BCUT2D eigenvalue weighted by Crippen LogP contribution is 2.30. The van der Waals surface area contributed by atoms with Gasteiger partial charge in [0.15, 0.2) is 11.9 Å². The Hall–Kier alpha value is -1.41. The van der Waals surface area contributed by atoms with Crippen molar-refractivity contribution in [2.45, 2.75) is 31.5 Å². The Balaban J connectivity index is 2.13. The molecule has 0 aliphatic carbocycles. The molecule has 0 aliphatic rings. The third-order valence-electron chi connectivity index (χ3n) is 2.99. The summed E-state index contributed by atoms with van der Waals surface area (Å²) < 4.78 is 43.0. The number of benzene rings is 1. The molecule has 0 amide bonds. The van der Waals surface area contributed by atoms with Crippen molar-refractivity contribution in [3.8, 4) is 0 Å². The van der Waals surface area contributed by atoms with Gasteiger partial charge in [0.05, 0.1) is 5.92 Å². The van der Waals surface area contributed by atoms with Gasteiger partial charge in [-0.1, -0.05) is 46.2 Å². The van der Waals surface area contributed by atoms with Gasteiger partial charge in [-0.3, -0.25) is 0 Å². The smallest absolute Gasteiger partial charge is 0.383 e. The third-order valence-corrected chi connectivity index (χ3v) is 3.76. The van der Waals surface area contributed by atoms with E-state index in [9.17, 15) is 18.3 Å². The predicted molar refractivity (Wildman–Crippen MR) is 71.7 cm³/mol. The molecule has 0 aliphatic heterocycles. The summed E-state index contributed by atoms with van der Waals surface area (Å²) in [6.45, 7) is 1.19. The maximum absolute atomic E-state index is 12.4.